The highest BCUT2D eigenvalue weighted by atomic mass is 28.3. The Morgan fingerprint density at radius 2 is 1.14 bits per heavy atom. The Morgan fingerprint density at radius 3 is 1.36 bits per heavy atom. The Hall–Kier alpha value is -1.03. The number of azide groups is 2. The number of rotatable bonds is 10. The molecule has 0 aliphatic heterocycles. The van der Waals surface area contributed by atoms with Gasteiger partial charge in [-0.05, 0) is 30.3 Å². The van der Waals surface area contributed by atoms with Crippen molar-refractivity contribution in [3.8, 4) is 0 Å². The molecule has 0 aromatic rings. The molecule has 0 saturated carbocycles. The summed E-state index contributed by atoms with van der Waals surface area (Å²) in [6.45, 7) is 16.5. The zero-order valence-corrected chi connectivity index (χ0v) is 17.0. The molecular weight excluding hydrogens is 312 g/mol. The second-order valence-electron chi connectivity index (χ2n) is 7.99. The Morgan fingerprint density at radius 1 is 0.818 bits per heavy atom. The van der Waals surface area contributed by atoms with Gasteiger partial charge in [-0.1, -0.05) is 49.5 Å². The Labute approximate surface area is 135 Å². The van der Waals surface area contributed by atoms with Crippen molar-refractivity contribution in [1.82, 2.24) is 9.80 Å². The van der Waals surface area contributed by atoms with Gasteiger partial charge in [-0.15, -0.1) is 0 Å². The minimum absolute atomic E-state index is 0.0782. The molecule has 0 unspecified atom stereocenters. The van der Waals surface area contributed by atoms with Gasteiger partial charge in [-0.2, -0.15) is 0 Å². The molecule has 22 heavy (non-hydrogen) atoms. The lowest BCUT2D eigenvalue weighted by molar-refractivity contribution is 0.0845. The van der Waals surface area contributed by atoms with Gasteiger partial charge < -0.3 is 0 Å². The number of hydrogen-bond acceptors (Lipinski definition) is 4. The highest BCUT2D eigenvalue weighted by Gasteiger charge is 2.28. The molecule has 0 aromatic heterocycles. The van der Waals surface area contributed by atoms with Crippen LogP contribution in [0.25, 0.3) is 20.9 Å². The third kappa shape index (κ3) is 9.83. The maximum atomic E-state index is 8.63. The molecule has 0 amide bonds. The zero-order valence-electron chi connectivity index (χ0n) is 15.0. The van der Waals surface area contributed by atoms with Gasteiger partial charge >= 0.3 is 0 Å². The van der Waals surface area contributed by atoms with E-state index in [1.807, 2.05) is 0 Å². The van der Waals surface area contributed by atoms with Gasteiger partial charge in [0.25, 0.3) is 0 Å². The fourth-order valence-electron chi connectivity index (χ4n) is 2.27. The molecular formula is C12H30N8Si2. The fraction of sp³-hybridized carbons (Fsp3) is 1.00. The highest BCUT2D eigenvalue weighted by Crippen LogP contribution is 2.15. The van der Waals surface area contributed by atoms with Crippen LogP contribution < -0.4 is 0 Å². The maximum Gasteiger partial charge on any atom is 0.0784 e. The predicted molar refractivity (Wildman–Crippen MR) is 97.6 cm³/mol. The summed E-state index contributed by atoms with van der Waals surface area (Å²) in [5.41, 5.74) is 17.3. The van der Waals surface area contributed by atoms with E-state index in [4.69, 9.17) is 11.1 Å². The average molecular weight is 343 g/mol. The second kappa shape index (κ2) is 9.19. The third-order valence-electron chi connectivity index (χ3n) is 3.03. The Bertz CT molecular complexity index is 389. The molecule has 0 heterocycles. The summed E-state index contributed by atoms with van der Waals surface area (Å²) in [4.78, 5) is 10.2. The van der Waals surface area contributed by atoms with E-state index in [2.05, 4.69) is 76.1 Å². The Balaban J connectivity index is 5.24. The van der Waals surface area contributed by atoms with Crippen molar-refractivity contribution in [2.75, 3.05) is 25.7 Å². The van der Waals surface area contributed by atoms with Gasteiger partial charge in [-0.3, -0.25) is 9.80 Å². The summed E-state index contributed by atoms with van der Waals surface area (Å²) >= 11 is 0. The standard InChI is InChI=1S/C12H30N8Si2/c1-12(19(8-15-17-13)10-21(2,3)4)20(9-16-18-14)11-22(5,6)7/h12H,8-11H2,1-7H3. The van der Waals surface area contributed by atoms with E-state index in [-0.39, 0.29) is 6.17 Å². The molecule has 126 valence electrons. The molecule has 0 atom stereocenters. The van der Waals surface area contributed by atoms with E-state index in [9.17, 15) is 0 Å². The molecule has 0 saturated heterocycles. The fourth-order valence-corrected chi connectivity index (χ4v) is 5.43. The van der Waals surface area contributed by atoms with Crippen LogP contribution in [0.5, 0.6) is 0 Å². The van der Waals surface area contributed by atoms with Crippen molar-refractivity contribution >= 4 is 16.1 Å². The molecule has 0 aliphatic carbocycles. The molecule has 0 N–H and O–H groups in total. The molecule has 0 bridgehead atoms. The summed E-state index contributed by atoms with van der Waals surface area (Å²) in [6.07, 6.45) is 1.95. The lowest BCUT2D eigenvalue weighted by Gasteiger charge is -2.40. The lowest BCUT2D eigenvalue weighted by atomic mass is 10.4. The van der Waals surface area contributed by atoms with E-state index in [0.717, 1.165) is 12.3 Å². The summed E-state index contributed by atoms with van der Waals surface area (Å²) in [5.74, 6) is 0. The monoisotopic (exact) mass is 342 g/mol. The largest absolute Gasteiger partial charge is 0.285 e. The highest BCUT2D eigenvalue weighted by molar-refractivity contribution is 6.76. The topological polar surface area (TPSA) is 104 Å². The Kier molecular flexibility index (Phi) is 8.76. The van der Waals surface area contributed by atoms with E-state index < -0.39 is 16.1 Å². The van der Waals surface area contributed by atoms with Crippen LogP contribution in [0, 0.1) is 0 Å². The van der Waals surface area contributed by atoms with Gasteiger partial charge in [0.15, 0.2) is 0 Å². The van der Waals surface area contributed by atoms with Crippen LogP contribution in [0.3, 0.4) is 0 Å². The van der Waals surface area contributed by atoms with E-state index in [1.54, 1.807) is 0 Å². The summed E-state index contributed by atoms with van der Waals surface area (Å²) in [6, 6.07) is 0. The van der Waals surface area contributed by atoms with Gasteiger partial charge in [0.1, 0.15) is 0 Å². The minimum Gasteiger partial charge on any atom is -0.285 e. The van der Waals surface area contributed by atoms with Crippen molar-refractivity contribution < 1.29 is 0 Å². The van der Waals surface area contributed by atoms with E-state index >= 15 is 0 Å². The SMILES string of the molecule is CC(N(CN=[N+]=[N-])C[Si](C)(C)C)N(CN=[N+]=[N-])C[Si](C)(C)C. The van der Waals surface area contributed by atoms with E-state index in [0.29, 0.717) is 13.3 Å². The molecule has 0 rings (SSSR count). The molecule has 0 aliphatic rings. The summed E-state index contributed by atoms with van der Waals surface area (Å²) in [5, 5.41) is 7.49. The molecule has 0 radical (unpaired) electrons. The molecule has 10 heteroatoms. The number of hydrogen-bond donors (Lipinski definition) is 0. The first-order chi connectivity index (χ1) is 10.00. The lowest BCUT2D eigenvalue weighted by Crippen LogP contribution is -2.55. The third-order valence-corrected chi connectivity index (χ3v) is 5.74. The number of nitrogens with zero attached hydrogens (tertiary/aromatic N) is 8. The van der Waals surface area contributed by atoms with Crippen LogP contribution in [-0.2, 0) is 0 Å². The second-order valence-corrected chi connectivity index (χ2v) is 18.9. The van der Waals surface area contributed by atoms with Crippen LogP contribution in [0.4, 0.5) is 0 Å². The molecule has 8 nitrogen and oxygen atoms in total. The predicted octanol–water partition coefficient (Wildman–Crippen LogP) is 4.23. The maximum absolute atomic E-state index is 8.63. The average Bonchev–Trinajstić information content (AvgIpc) is 2.36. The quantitative estimate of drug-likeness (QED) is 0.195. The first-order valence-corrected chi connectivity index (χ1v) is 14.9. The smallest absolute Gasteiger partial charge is 0.0784 e. The van der Waals surface area contributed by atoms with Crippen LogP contribution in [-0.4, -0.2) is 57.8 Å². The minimum atomic E-state index is -1.34. The van der Waals surface area contributed by atoms with Crippen molar-refractivity contribution in [2.45, 2.75) is 52.4 Å². The molecule has 0 aromatic carbocycles. The normalized spacial score (nSPS) is 13.7. The van der Waals surface area contributed by atoms with E-state index in [1.165, 1.54) is 0 Å². The van der Waals surface area contributed by atoms with Gasteiger partial charge in [0, 0.05) is 9.82 Å². The van der Waals surface area contributed by atoms with Crippen LogP contribution in [0.1, 0.15) is 6.92 Å². The van der Waals surface area contributed by atoms with Crippen LogP contribution in [0.15, 0.2) is 10.2 Å². The van der Waals surface area contributed by atoms with Crippen LogP contribution in [0.2, 0.25) is 39.3 Å². The van der Waals surface area contributed by atoms with Crippen molar-refractivity contribution in [3.63, 3.8) is 0 Å². The van der Waals surface area contributed by atoms with Crippen molar-refractivity contribution in [3.05, 3.63) is 20.9 Å². The summed E-state index contributed by atoms with van der Waals surface area (Å²) in [7, 11) is -2.69. The first kappa shape index (κ1) is 21.0. The van der Waals surface area contributed by atoms with Gasteiger partial charge in [0.05, 0.1) is 35.7 Å². The van der Waals surface area contributed by atoms with Crippen molar-refractivity contribution in [2.24, 2.45) is 10.2 Å². The zero-order chi connectivity index (χ0) is 17.4. The van der Waals surface area contributed by atoms with Gasteiger partial charge in [0.2, 0.25) is 0 Å². The molecule has 0 spiro atoms. The first-order valence-electron chi connectivity index (χ1n) is 7.50. The van der Waals surface area contributed by atoms with Crippen LogP contribution >= 0.6 is 0 Å². The van der Waals surface area contributed by atoms with Gasteiger partial charge in [-0.25, -0.2) is 0 Å². The van der Waals surface area contributed by atoms with Crippen molar-refractivity contribution in [1.29, 1.82) is 0 Å². The molecule has 0 fully saturated rings. The summed E-state index contributed by atoms with van der Waals surface area (Å²) < 4.78 is 0.